The van der Waals surface area contributed by atoms with Crippen molar-refractivity contribution in [3.63, 3.8) is 0 Å². The lowest BCUT2D eigenvalue weighted by atomic mass is 10.0. The summed E-state index contributed by atoms with van der Waals surface area (Å²) < 4.78 is 4.96. The summed E-state index contributed by atoms with van der Waals surface area (Å²) in [6.45, 7) is 3.90. The number of alkyl halides is 2. The molecule has 0 aromatic rings. The number of esters is 1. The first kappa shape index (κ1) is 19.4. The highest BCUT2D eigenvalue weighted by molar-refractivity contribution is 6.18. The van der Waals surface area contributed by atoms with E-state index >= 15 is 0 Å². The fraction of sp³-hybridized carbons (Fsp3) is 0.706. The molecule has 2 atom stereocenters. The van der Waals surface area contributed by atoms with E-state index in [-0.39, 0.29) is 12.1 Å². The van der Waals surface area contributed by atoms with Crippen molar-refractivity contribution in [3.05, 3.63) is 23.5 Å². The molecule has 0 amide bonds. The minimum absolute atomic E-state index is 0.117. The van der Waals surface area contributed by atoms with E-state index in [0.717, 1.165) is 32.4 Å². The SMILES string of the molecule is CCOC(=O)CCCC1NC2=CC=C(N(CCCl)CCCl)CC2N1. The number of hydrogen-bond donors (Lipinski definition) is 2. The molecule has 0 bridgehead atoms. The average Bonchev–Trinajstić information content (AvgIpc) is 2.96. The third kappa shape index (κ3) is 5.57. The average molecular weight is 376 g/mol. The van der Waals surface area contributed by atoms with Crippen LogP contribution in [0.3, 0.4) is 0 Å². The second-order valence-electron chi connectivity index (χ2n) is 5.96. The van der Waals surface area contributed by atoms with Gasteiger partial charge in [0.05, 0.1) is 18.8 Å². The van der Waals surface area contributed by atoms with Gasteiger partial charge in [-0.15, -0.1) is 23.2 Å². The van der Waals surface area contributed by atoms with Crippen molar-refractivity contribution in [2.75, 3.05) is 31.5 Å². The van der Waals surface area contributed by atoms with E-state index in [2.05, 4.69) is 27.7 Å². The smallest absolute Gasteiger partial charge is 0.305 e. The van der Waals surface area contributed by atoms with Gasteiger partial charge in [-0.25, -0.2) is 0 Å². The van der Waals surface area contributed by atoms with Crippen LogP contribution >= 0.6 is 23.2 Å². The van der Waals surface area contributed by atoms with Gasteiger partial charge in [0, 0.05) is 49.1 Å². The monoisotopic (exact) mass is 375 g/mol. The van der Waals surface area contributed by atoms with Crippen LogP contribution in [0.4, 0.5) is 0 Å². The van der Waals surface area contributed by atoms with Crippen LogP contribution in [0.25, 0.3) is 0 Å². The minimum atomic E-state index is -0.117. The molecule has 1 saturated heterocycles. The van der Waals surface area contributed by atoms with Gasteiger partial charge in [0.2, 0.25) is 0 Å². The maximum atomic E-state index is 11.4. The molecule has 2 unspecified atom stereocenters. The predicted octanol–water partition coefficient (Wildman–Crippen LogP) is 2.56. The highest BCUT2D eigenvalue weighted by Gasteiger charge is 2.30. The summed E-state index contributed by atoms with van der Waals surface area (Å²) in [5.74, 6) is 1.07. The number of carbonyl (C=O) groups excluding carboxylic acids is 1. The van der Waals surface area contributed by atoms with Crippen molar-refractivity contribution in [1.82, 2.24) is 15.5 Å². The molecule has 1 aliphatic heterocycles. The Balaban J connectivity index is 1.80. The first-order chi connectivity index (χ1) is 11.7. The maximum Gasteiger partial charge on any atom is 0.305 e. The zero-order chi connectivity index (χ0) is 17.4. The Morgan fingerprint density at radius 2 is 2.08 bits per heavy atom. The summed E-state index contributed by atoms with van der Waals surface area (Å²) in [4.78, 5) is 13.7. The van der Waals surface area contributed by atoms with E-state index in [1.165, 1.54) is 11.4 Å². The number of nitrogens with zero attached hydrogens (tertiary/aromatic N) is 1. The molecule has 24 heavy (non-hydrogen) atoms. The molecule has 1 fully saturated rings. The highest BCUT2D eigenvalue weighted by Crippen LogP contribution is 2.25. The first-order valence-corrected chi connectivity index (χ1v) is 9.70. The Morgan fingerprint density at radius 1 is 1.33 bits per heavy atom. The van der Waals surface area contributed by atoms with Crippen molar-refractivity contribution in [1.29, 1.82) is 0 Å². The normalized spacial score (nSPS) is 22.3. The number of halogens is 2. The predicted molar refractivity (Wildman–Crippen MR) is 98.1 cm³/mol. The third-order valence-corrected chi connectivity index (χ3v) is 4.62. The summed E-state index contributed by atoms with van der Waals surface area (Å²) >= 11 is 11.8. The van der Waals surface area contributed by atoms with Crippen molar-refractivity contribution in [3.8, 4) is 0 Å². The first-order valence-electron chi connectivity index (χ1n) is 8.63. The minimum Gasteiger partial charge on any atom is -0.466 e. The zero-order valence-electron chi connectivity index (χ0n) is 14.2. The second-order valence-corrected chi connectivity index (χ2v) is 6.72. The highest BCUT2D eigenvalue weighted by atomic mass is 35.5. The van der Waals surface area contributed by atoms with Crippen molar-refractivity contribution < 1.29 is 9.53 Å². The van der Waals surface area contributed by atoms with E-state index in [4.69, 9.17) is 27.9 Å². The fourth-order valence-electron chi connectivity index (χ4n) is 3.15. The van der Waals surface area contributed by atoms with Gasteiger partial charge >= 0.3 is 5.97 Å². The van der Waals surface area contributed by atoms with Gasteiger partial charge in [-0.05, 0) is 31.9 Å². The van der Waals surface area contributed by atoms with Gasteiger partial charge in [0.25, 0.3) is 0 Å². The van der Waals surface area contributed by atoms with Crippen LogP contribution in [-0.4, -0.2) is 54.5 Å². The van der Waals surface area contributed by atoms with E-state index in [1.54, 1.807) is 0 Å². The summed E-state index contributed by atoms with van der Waals surface area (Å²) in [5, 5.41) is 7.11. The van der Waals surface area contributed by atoms with Crippen LogP contribution in [-0.2, 0) is 9.53 Å². The lowest BCUT2D eigenvalue weighted by Crippen LogP contribution is -2.36. The van der Waals surface area contributed by atoms with E-state index < -0.39 is 0 Å². The lowest BCUT2D eigenvalue weighted by molar-refractivity contribution is -0.143. The van der Waals surface area contributed by atoms with E-state index in [0.29, 0.717) is 30.8 Å². The number of allylic oxidation sites excluding steroid dienone is 2. The number of nitrogens with one attached hydrogen (secondary N) is 2. The standard InChI is InChI=1S/C17H27Cl2N3O2/c1-2-24-17(23)5-3-4-16-20-14-7-6-13(12-15(14)21-16)22(10-8-18)11-9-19/h6-7,15-16,20-21H,2-5,8-12H2,1H3. The Labute approximate surface area is 154 Å². The second kappa shape index (κ2) is 10.2. The molecule has 1 aliphatic carbocycles. The topological polar surface area (TPSA) is 53.6 Å². The number of carbonyl (C=O) groups is 1. The zero-order valence-corrected chi connectivity index (χ0v) is 15.7. The number of hydrogen-bond acceptors (Lipinski definition) is 5. The Hall–Kier alpha value is -0.910. The summed E-state index contributed by atoms with van der Waals surface area (Å²) in [7, 11) is 0. The van der Waals surface area contributed by atoms with Gasteiger partial charge in [-0.1, -0.05) is 0 Å². The molecule has 2 N–H and O–H groups in total. The molecule has 0 aromatic carbocycles. The molecular formula is C17H27Cl2N3O2. The van der Waals surface area contributed by atoms with Crippen LogP contribution in [0, 0.1) is 0 Å². The largest absolute Gasteiger partial charge is 0.466 e. The van der Waals surface area contributed by atoms with Crippen molar-refractivity contribution >= 4 is 29.2 Å². The lowest BCUT2D eigenvalue weighted by Gasteiger charge is -2.29. The van der Waals surface area contributed by atoms with Crippen molar-refractivity contribution in [2.45, 2.75) is 44.8 Å². The summed E-state index contributed by atoms with van der Waals surface area (Å²) in [6.07, 6.45) is 7.61. The van der Waals surface area contributed by atoms with Crippen molar-refractivity contribution in [2.24, 2.45) is 0 Å². The molecule has 5 nitrogen and oxygen atoms in total. The molecule has 7 heteroatoms. The number of rotatable bonds is 10. The van der Waals surface area contributed by atoms with Crippen LogP contribution in [0.1, 0.15) is 32.6 Å². The summed E-state index contributed by atoms with van der Waals surface area (Å²) in [6, 6.07) is 0.297. The van der Waals surface area contributed by atoms with Crippen LogP contribution < -0.4 is 10.6 Å². The Bertz CT molecular complexity index is 476. The summed E-state index contributed by atoms with van der Waals surface area (Å²) in [5.41, 5.74) is 2.49. The third-order valence-electron chi connectivity index (χ3n) is 4.28. The van der Waals surface area contributed by atoms with Crippen LogP contribution in [0.15, 0.2) is 23.5 Å². The molecule has 0 spiro atoms. The van der Waals surface area contributed by atoms with Crippen LogP contribution in [0.5, 0.6) is 0 Å². The fourth-order valence-corrected chi connectivity index (χ4v) is 3.56. The number of fused-ring (bicyclic) bond motifs is 1. The molecule has 2 rings (SSSR count). The van der Waals surface area contributed by atoms with Gasteiger partial charge in [0.1, 0.15) is 0 Å². The molecule has 136 valence electrons. The van der Waals surface area contributed by atoms with Gasteiger partial charge in [-0.3, -0.25) is 10.1 Å². The Morgan fingerprint density at radius 3 is 2.75 bits per heavy atom. The van der Waals surface area contributed by atoms with Gasteiger partial charge < -0.3 is 15.0 Å². The quantitative estimate of drug-likeness (QED) is 0.453. The van der Waals surface area contributed by atoms with Crippen LogP contribution in [0.2, 0.25) is 0 Å². The molecule has 2 aliphatic rings. The Kier molecular flexibility index (Phi) is 8.22. The molecular weight excluding hydrogens is 349 g/mol. The van der Waals surface area contributed by atoms with E-state index in [1.807, 2.05) is 6.92 Å². The molecule has 0 radical (unpaired) electrons. The van der Waals surface area contributed by atoms with Gasteiger partial charge in [0.15, 0.2) is 0 Å². The molecule has 0 aromatic heterocycles. The molecule has 0 saturated carbocycles. The van der Waals surface area contributed by atoms with Gasteiger partial charge in [-0.2, -0.15) is 0 Å². The van der Waals surface area contributed by atoms with E-state index in [9.17, 15) is 4.79 Å². The maximum absolute atomic E-state index is 11.4. The number of ether oxygens (including phenoxy) is 1. The molecule has 1 heterocycles.